The molecule has 1 heterocycles. The largest absolute Gasteiger partial charge is 0.490 e. The Bertz CT molecular complexity index is 526. The first-order valence-corrected chi connectivity index (χ1v) is 6.67. The van der Waals surface area contributed by atoms with Crippen LogP contribution in [0, 0.1) is 0 Å². The quantitative estimate of drug-likeness (QED) is 0.601. The molecular weight excluding hydrogens is 256 g/mol. The van der Waals surface area contributed by atoms with Gasteiger partial charge in [0, 0.05) is 5.56 Å². The summed E-state index contributed by atoms with van der Waals surface area (Å²) >= 11 is 0. The van der Waals surface area contributed by atoms with E-state index in [1.165, 1.54) is 0 Å². The van der Waals surface area contributed by atoms with E-state index in [2.05, 4.69) is 5.43 Å². The maximum absolute atomic E-state index is 5.65. The van der Waals surface area contributed by atoms with Gasteiger partial charge < -0.3 is 13.9 Å². The smallest absolute Gasteiger partial charge is 0.161 e. The average Bonchev–Trinajstić information content (AvgIpc) is 2.97. The van der Waals surface area contributed by atoms with Gasteiger partial charge in [0.25, 0.3) is 0 Å². The van der Waals surface area contributed by atoms with Gasteiger partial charge in [-0.2, -0.15) is 0 Å². The normalized spacial score (nSPS) is 12.2. The van der Waals surface area contributed by atoms with Crippen LogP contribution in [0.25, 0.3) is 0 Å². The number of hydrogen-bond acceptors (Lipinski definition) is 5. The van der Waals surface area contributed by atoms with Crippen molar-refractivity contribution in [1.82, 2.24) is 5.43 Å². The molecule has 2 rings (SSSR count). The molecule has 5 nitrogen and oxygen atoms in total. The topological polar surface area (TPSA) is 69.7 Å². The van der Waals surface area contributed by atoms with Crippen molar-refractivity contribution < 1.29 is 13.9 Å². The van der Waals surface area contributed by atoms with Crippen molar-refractivity contribution in [3.8, 4) is 11.5 Å². The second kappa shape index (κ2) is 6.98. The van der Waals surface area contributed by atoms with E-state index in [4.69, 9.17) is 19.7 Å². The zero-order valence-corrected chi connectivity index (χ0v) is 11.8. The molecular formula is C15H20N2O3. The van der Waals surface area contributed by atoms with Crippen molar-refractivity contribution in [3.63, 3.8) is 0 Å². The Morgan fingerprint density at radius 2 is 1.85 bits per heavy atom. The molecule has 0 aliphatic rings. The van der Waals surface area contributed by atoms with Gasteiger partial charge in [0.1, 0.15) is 0 Å². The molecule has 0 spiro atoms. The number of benzene rings is 1. The van der Waals surface area contributed by atoms with Crippen molar-refractivity contribution in [2.45, 2.75) is 19.9 Å². The summed E-state index contributed by atoms with van der Waals surface area (Å²) in [5.74, 6) is 7.11. The molecule has 0 bridgehead atoms. The zero-order valence-electron chi connectivity index (χ0n) is 11.8. The molecule has 0 aliphatic carbocycles. The number of hydrazine groups is 1. The molecule has 0 saturated carbocycles. The molecule has 3 N–H and O–H groups in total. The number of furan rings is 1. The summed E-state index contributed by atoms with van der Waals surface area (Å²) in [6.45, 7) is 5.06. The number of nitrogens with two attached hydrogens (primary N) is 1. The molecule has 1 unspecified atom stereocenters. The lowest BCUT2D eigenvalue weighted by molar-refractivity contribution is 0.287. The third-order valence-corrected chi connectivity index (χ3v) is 2.94. The van der Waals surface area contributed by atoms with Crippen LogP contribution in [0.4, 0.5) is 0 Å². The van der Waals surface area contributed by atoms with Crippen LogP contribution in [0.5, 0.6) is 11.5 Å². The van der Waals surface area contributed by atoms with E-state index in [1.807, 2.05) is 38.1 Å². The van der Waals surface area contributed by atoms with Crippen LogP contribution in [-0.4, -0.2) is 13.2 Å². The highest BCUT2D eigenvalue weighted by Crippen LogP contribution is 2.32. The van der Waals surface area contributed by atoms with E-state index < -0.39 is 0 Å². The summed E-state index contributed by atoms with van der Waals surface area (Å²) in [7, 11) is 0. The van der Waals surface area contributed by atoms with E-state index in [0.29, 0.717) is 13.2 Å². The first-order valence-electron chi connectivity index (χ1n) is 6.67. The van der Waals surface area contributed by atoms with Crippen LogP contribution in [-0.2, 0) is 0 Å². The summed E-state index contributed by atoms with van der Waals surface area (Å²) in [6.07, 6.45) is 3.29. The molecule has 20 heavy (non-hydrogen) atoms. The van der Waals surface area contributed by atoms with E-state index in [-0.39, 0.29) is 6.04 Å². The number of ether oxygens (including phenoxy) is 2. The predicted octanol–water partition coefficient (Wildman–Crippen LogP) is 2.63. The molecule has 0 amide bonds. The summed E-state index contributed by atoms with van der Waals surface area (Å²) in [4.78, 5) is 0. The molecule has 1 aromatic carbocycles. The molecule has 1 atom stereocenters. The highest BCUT2D eigenvalue weighted by molar-refractivity contribution is 5.45. The van der Waals surface area contributed by atoms with Crippen LogP contribution < -0.4 is 20.7 Å². The maximum atomic E-state index is 5.65. The fourth-order valence-corrected chi connectivity index (χ4v) is 2.07. The van der Waals surface area contributed by atoms with E-state index in [1.54, 1.807) is 12.5 Å². The third-order valence-electron chi connectivity index (χ3n) is 2.94. The molecule has 1 aromatic heterocycles. The Morgan fingerprint density at radius 1 is 1.10 bits per heavy atom. The Balaban J connectivity index is 2.33. The second-order valence-electron chi connectivity index (χ2n) is 4.23. The van der Waals surface area contributed by atoms with Crippen molar-refractivity contribution in [1.29, 1.82) is 0 Å². The lowest BCUT2D eigenvalue weighted by Gasteiger charge is -2.17. The number of hydrogen-bond donors (Lipinski definition) is 2. The van der Waals surface area contributed by atoms with E-state index in [9.17, 15) is 0 Å². The highest BCUT2D eigenvalue weighted by Gasteiger charge is 2.16. The summed E-state index contributed by atoms with van der Waals surface area (Å²) in [5.41, 5.74) is 4.73. The first-order chi connectivity index (χ1) is 9.80. The third kappa shape index (κ3) is 3.12. The lowest BCUT2D eigenvalue weighted by atomic mass is 10.0. The number of nitrogens with one attached hydrogen (secondary N) is 1. The number of rotatable bonds is 7. The molecule has 108 valence electrons. The molecule has 0 aliphatic heterocycles. The molecule has 2 aromatic rings. The summed E-state index contributed by atoms with van der Waals surface area (Å²) in [6, 6.07) is 7.52. The van der Waals surface area contributed by atoms with Crippen molar-refractivity contribution in [2.75, 3.05) is 13.2 Å². The minimum Gasteiger partial charge on any atom is -0.490 e. The van der Waals surface area contributed by atoms with Gasteiger partial charge in [0.2, 0.25) is 0 Å². The Hall–Kier alpha value is -1.98. The standard InChI is InChI=1S/C15H20N2O3/c1-3-19-13-6-5-11(9-14(13)20-4-2)15(17-16)12-7-8-18-10-12/h5-10,15,17H,3-4,16H2,1-2H3. The molecule has 0 radical (unpaired) electrons. The van der Waals surface area contributed by atoms with Gasteiger partial charge in [-0.25, -0.2) is 5.43 Å². The van der Waals surface area contributed by atoms with Crippen LogP contribution in [0.15, 0.2) is 41.2 Å². The maximum Gasteiger partial charge on any atom is 0.161 e. The van der Waals surface area contributed by atoms with Crippen molar-refractivity contribution >= 4 is 0 Å². The van der Waals surface area contributed by atoms with Crippen molar-refractivity contribution in [2.24, 2.45) is 5.84 Å². The van der Waals surface area contributed by atoms with Gasteiger partial charge in [0.15, 0.2) is 11.5 Å². The second-order valence-corrected chi connectivity index (χ2v) is 4.23. The fourth-order valence-electron chi connectivity index (χ4n) is 2.07. The minimum atomic E-state index is -0.149. The van der Waals surface area contributed by atoms with Gasteiger partial charge in [-0.05, 0) is 37.6 Å². The molecule has 0 fully saturated rings. The summed E-state index contributed by atoms with van der Waals surface area (Å²) in [5, 5.41) is 0. The van der Waals surface area contributed by atoms with Gasteiger partial charge in [-0.15, -0.1) is 0 Å². The van der Waals surface area contributed by atoms with E-state index in [0.717, 1.165) is 22.6 Å². The monoisotopic (exact) mass is 276 g/mol. The lowest BCUT2D eigenvalue weighted by Crippen LogP contribution is -2.28. The highest BCUT2D eigenvalue weighted by atomic mass is 16.5. The van der Waals surface area contributed by atoms with Crippen LogP contribution >= 0.6 is 0 Å². The van der Waals surface area contributed by atoms with E-state index >= 15 is 0 Å². The van der Waals surface area contributed by atoms with Crippen LogP contribution in [0.3, 0.4) is 0 Å². The van der Waals surface area contributed by atoms with Gasteiger partial charge >= 0.3 is 0 Å². The van der Waals surface area contributed by atoms with Gasteiger partial charge in [-0.3, -0.25) is 5.84 Å². The Kier molecular flexibility index (Phi) is 5.03. The first kappa shape index (κ1) is 14.4. The Morgan fingerprint density at radius 3 is 2.45 bits per heavy atom. The predicted molar refractivity (Wildman–Crippen MR) is 76.7 cm³/mol. The summed E-state index contributed by atoms with van der Waals surface area (Å²) < 4.78 is 16.3. The van der Waals surface area contributed by atoms with Crippen LogP contribution in [0.2, 0.25) is 0 Å². The fraction of sp³-hybridized carbons (Fsp3) is 0.333. The molecule has 0 saturated heterocycles. The zero-order chi connectivity index (χ0) is 14.4. The van der Waals surface area contributed by atoms with Crippen molar-refractivity contribution in [3.05, 3.63) is 47.9 Å². The van der Waals surface area contributed by atoms with Gasteiger partial charge in [0.05, 0.1) is 31.8 Å². The van der Waals surface area contributed by atoms with Gasteiger partial charge in [-0.1, -0.05) is 6.07 Å². The Labute approximate surface area is 118 Å². The average molecular weight is 276 g/mol. The van der Waals surface area contributed by atoms with Crippen LogP contribution in [0.1, 0.15) is 31.0 Å². The SMILES string of the molecule is CCOc1ccc(C(NN)c2ccoc2)cc1OCC. The molecule has 5 heteroatoms. The minimum absolute atomic E-state index is 0.149.